The summed E-state index contributed by atoms with van der Waals surface area (Å²) >= 11 is 0. The third-order valence-corrected chi connectivity index (χ3v) is 2.58. The lowest BCUT2D eigenvalue weighted by atomic mass is 10.3. The van der Waals surface area contributed by atoms with Crippen molar-refractivity contribution in [1.29, 1.82) is 0 Å². The van der Waals surface area contributed by atoms with Crippen LogP contribution >= 0.6 is 0 Å². The Kier molecular flexibility index (Phi) is 2.96. The fourth-order valence-electron chi connectivity index (χ4n) is 1.62. The van der Waals surface area contributed by atoms with Gasteiger partial charge in [-0.2, -0.15) is 0 Å². The van der Waals surface area contributed by atoms with Crippen molar-refractivity contribution in [3.63, 3.8) is 0 Å². The first-order chi connectivity index (χ1) is 9.22. The highest BCUT2D eigenvalue weighted by Gasteiger charge is 2.14. The predicted octanol–water partition coefficient (Wildman–Crippen LogP) is 1.40. The molecule has 1 atom stereocenters. The number of aromatic nitrogens is 2. The average molecular weight is 263 g/mol. The van der Waals surface area contributed by atoms with E-state index in [4.69, 9.17) is 24.4 Å². The molecular weight excluding hydrogens is 250 g/mol. The number of hydrogen-bond acceptors (Lipinski definition) is 7. The summed E-state index contributed by atoms with van der Waals surface area (Å²) in [6, 6.07) is 5.05. The second-order valence-corrected chi connectivity index (χ2v) is 4.13. The molecule has 0 fully saturated rings. The molecule has 0 radical (unpaired) electrons. The molecule has 2 N–H and O–H groups in total. The number of ether oxygens (including phenoxy) is 3. The van der Waals surface area contributed by atoms with E-state index >= 15 is 0 Å². The number of nitrogens with zero attached hydrogens (tertiary/aromatic N) is 2. The highest BCUT2D eigenvalue weighted by atomic mass is 16.7. The molecule has 0 saturated heterocycles. The van der Waals surface area contributed by atoms with Crippen LogP contribution in [0.3, 0.4) is 0 Å². The Morgan fingerprint density at radius 2 is 2.16 bits per heavy atom. The van der Waals surface area contributed by atoms with Crippen molar-refractivity contribution in [1.82, 2.24) is 10.2 Å². The van der Waals surface area contributed by atoms with Gasteiger partial charge in [0, 0.05) is 6.07 Å². The molecule has 0 aliphatic carbocycles. The highest BCUT2D eigenvalue weighted by molar-refractivity contribution is 5.46. The van der Waals surface area contributed by atoms with Crippen molar-refractivity contribution in [3.05, 3.63) is 30.0 Å². The number of hydrogen-bond donors (Lipinski definition) is 1. The Bertz CT molecular complexity index is 582. The molecule has 19 heavy (non-hydrogen) atoms. The molecule has 7 nitrogen and oxygen atoms in total. The van der Waals surface area contributed by atoms with Gasteiger partial charge < -0.3 is 24.4 Å². The zero-order valence-electron chi connectivity index (χ0n) is 10.3. The van der Waals surface area contributed by atoms with E-state index in [1.54, 1.807) is 25.1 Å². The number of benzene rings is 1. The van der Waals surface area contributed by atoms with Crippen molar-refractivity contribution in [2.75, 3.05) is 6.79 Å². The lowest BCUT2D eigenvalue weighted by molar-refractivity contribution is 0.173. The second kappa shape index (κ2) is 4.77. The van der Waals surface area contributed by atoms with E-state index in [9.17, 15) is 0 Å². The van der Waals surface area contributed by atoms with Gasteiger partial charge in [-0.1, -0.05) is 0 Å². The van der Waals surface area contributed by atoms with Crippen LogP contribution in [-0.4, -0.2) is 17.0 Å². The molecule has 1 aliphatic rings. The molecular formula is C12H13N3O4. The van der Waals surface area contributed by atoms with Crippen LogP contribution in [0.5, 0.6) is 17.2 Å². The first kappa shape index (κ1) is 11.8. The molecule has 1 aliphatic heterocycles. The van der Waals surface area contributed by atoms with E-state index in [0.717, 1.165) is 0 Å². The zero-order chi connectivity index (χ0) is 13.2. The van der Waals surface area contributed by atoms with Crippen molar-refractivity contribution >= 4 is 0 Å². The summed E-state index contributed by atoms with van der Waals surface area (Å²) in [6.07, 6.45) is 0. The summed E-state index contributed by atoms with van der Waals surface area (Å²) in [5, 5.41) is 7.67. The van der Waals surface area contributed by atoms with E-state index in [2.05, 4.69) is 10.2 Å². The quantitative estimate of drug-likeness (QED) is 0.891. The van der Waals surface area contributed by atoms with E-state index in [1.165, 1.54) is 0 Å². The minimum Gasteiger partial charge on any atom is -0.484 e. The average Bonchev–Trinajstić information content (AvgIpc) is 3.04. The maximum Gasteiger partial charge on any atom is 0.253 e. The Balaban J connectivity index is 1.65. The molecule has 1 unspecified atom stereocenters. The Labute approximate surface area is 109 Å². The fourth-order valence-corrected chi connectivity index (χ4v) is 1.62. The monoisotopic (exact) mass is 263 g/mol. The standard InChI is InChI=1S/C12H13N3O4/c1-7(13)12-15-14-11(19-12)5-16-8-2-3-9-10(4-8)18-6-17-9/h2-4,7H,5-6,13H2,1H3. The van der Waals surface area contributed by atoms with Crippen LogP contribution < -0.4 is 19.9 Å². The van der Waals surface area contributed by atoms with Crippen molar-refractivity contribution in [2.45, 2.75) is 19.6 Å². The lowest BCUT2D eigenvalue weighted by Crippen LogP contribution is -2.04. The second-order valence-electron chi connectivity index (χ2n) is 4.13. The van der Waals surface area contributed by atoms with Crippen LogP contribution in [0.4, 0.5) is 0 Å². The molecule has 2 heterocycles. The smallest absolute Gasteiger partial charge is 0.253 e. The summed E-state index contributed by atoms with van der Waals surface area (Å²) in [5.41, 5.74) is 5.63. The molecule has 3 rings (SSSR count). The van der Waals surface area contributed by atoms with Crippen molar-refractivity contribution in [2.24, 2.45) is 5.73 Å². The molecule has 100 valence electrons. The molecule has 1 aromatic carbocycles. The first-order valence-corrected chi connectivity index (χ1v) is 5.82. The van der Waals surface area contributed by atoms with Gasteiger partial charge in [-0.25, -0.2) is 0 Å². The Morgan fingerprint density at radius 1 is 1.32 bits per heavy atom. The van der Waals surface area contributed by atoms with Gasteiger partial charge >= 0.3 is 0 Å². The Hall–Kier alpha value is -2.28. The van der Waals surface area contributed by atoms with Gasteiger partial charge in [0.25, 0.3) is 5.89 Å². The SMILES string of the molecule is CC(N)c1nnc(COc2ccc3c(c2)OCO3)o1. The normalized spacial score (nSPS) is 14.4. The van der Waals surface area contributed by atoms with E-state index in [0.29, 0.717) is 29.0 Å². The molecule has 1 aromatic heterocycles. The van der Waals surface area contributed by atoms with Gasteiger partial charge in [-0.15, -0.1) is 10.2 Å². The van der Waals surface area contributed by atoms with E-state index in [1.807, 2.05) is 0 Å². The molecule has 2 aromatic rings. The number of nitrogens with two attached hydrogens (primary N) is 1. The largest absolute Gasteiger partial charge is 0.484 e. The molecule has 0 spiro atoms. The van der Waals surface area contributed by atoms with E-state index in [-0.39, 0.29) is 19.4 Å². The van der Waals surface area contributed by atoms with Crippen LogP contribution in [0.25, 0.3) is 0 Å². The maximum absolute atomic E-state index is 5.63. The van der Waals surface area contributed by atoms with Gasteiger partial charge in [0.2, 0.25) is 12.7 Å². The van der Waals surface area contributed by atoms with Crippen molar-refractivity contribution in [3.8, 4) is 17.2 Å². The summed E-state index contributed by atoms with van der Waals surface area (Å²) in [7, 11) is 0. The van der Waals surface area contributed by atoms with Gasteiger partial charge in [0.05, 0.1) is 6.04 Å². The zero-order valence-corrected chi connectivity index (χ0v) is 10.3. The van der Waals surface area contributed by atoms with Gasteiger partial charge in [-0.3, -0.25) is 0 Å². The topological polar surface area (TPSA) is 92.6 Å². The minimum atomic E-state index is -0.285. The summed E-state index contributed by atoms with van der Waals surface area (Å²) < 4.78 is 21.3. The highest BCUT2D eigenvalue weighted by Crippen LogP contribution is 2.35. The van der Waals surface area contributed by atoms with Gasteiger partial charge in [0.1, 0.15) is 5.75 Å². The summed E-state index contributed by atoms with van der Waals surface area (Å²) in [6.45, 7) is 2.19. The maximum atomic E-state index is 5.63. The van der Waals surface area contributed by atoms with E-state index < -0.39 is 0 Å². The number of fused-ring (bicyclic) bond motifs is 1. The van der Waals surface area contributed by atoms with Gasteiger partial charge in [0.15, 0.2) is 18.1 Å². The van der Waals surface area contributed by atoms with Crippen LogP contribution in [0.1, 0.15) is 24.7 Å². The van der Waals surface area contributed by atoms with Crippen LogP contribution in [-0.2, 0) is 6.61 Å². The third kappa shape index (κ3) is 2.45. The van der Waals surface area contributed by atoms with Crippen LogP contribution in [0.15, 0.2) is 22.6 Å². The molecule has 0 bridgehead atoms. The lowest BCUT2D eigenvalue weighted by Gasteiger charge is -2.04. The van der Waals surface area contributed by atoms with Crippen molar-refractivity contribution < 1.29 is 18.6 Å². The third-order valence-electron chi connectivity index (χ3n) is 2.58. The summed E-state index contributed by atoms with van der Waals surface area (Å²) in [4.78, 5) is 0. The van der Waals surface area contributed by atoms with Gasteiger partial charge in [-0.05, 0) is 19.1 Å². The van der Waals surface area contributed by atoms with Crippen LogP contribution in [0, 0.1) is 0 Å². The first-order valence-electron chi connectivity index (χ1n) is 5.82. The number of rotatable bonds is 4. The summed E-state index contributed by atoms with van der Waals surface area (Å²) in [5.74, 6) is 2.79. The minimum absolute atomic E-state index is 0.180. The van der Waals surface area contributed by atoms with Crippen LogP contribution in [0.2, 0.25) is 0 Å². The molecule has 7 heteroatoms. The Morgan fingerprint density at radius 3 is 2.95 bits per heavy atom. The predicted molar refractivity (Wildman–Crippen MR) is 63.8 cm³/mol. The molecule has 0 saturated carbocycles. The fraction of sp³-hybridized carbons (Fsp3) is 0.333. The molecule has 0 amide bonds.